The molecule has 0 aromatic heterocycles. The molecular formula is C12H14O3. The van der Waals surface area contributed by atoms with Crippen LogP contribution in [0.4, 0.5) is 0 Å². The van der Waals surface area contributed by atoms with E-state index in [2.05, 4.69) is 0 Å². The lowest BCUT2D eigenvalue weighted by molar-refractivity contribution is -0.180. The van der Waals surface area contributed by atoms with Gasteiger partial charge in [0, 0.05) is 19.4 Å². The van der Waals surface area contributed by atoms with Crippen LogP contribution < -0.4 is 4.74 Å². The fourth-order valence-electron chi connectivity index (χ4n) is 1.71. The average molecular weight is 207 g/mol. The van der Waals surface area contributed by atoms with E-state index in [1.165, 1.54) is 0 Å². The van der Waals surface area contributed by atoms with E-state index in [1.54, 1.807) is 0 Å². The first kappa shape index (κ1) is 8.13. The summed E-state index contributed by atoms with van der Waals surface area (Å²) in [6.07, 6.45) is -0.831. The van der Waals surface area contributed by atoms with Crippen molar-refractivity contribution in [3.05, 3.63) is 29.3 Å². The van der Waals surface area contributed by atoms with Gasteiger partial charge in [-0.05, 0) is 17.7 Å². The number of epoxide rings is 1. The highest BCUT2D eigenvalue weighted by Crippen LogP contribution is 2.36. The van der Waals surface area contributed by atoms with E-state index in [0.717, 1.165) is 16.9 Å². The zero-order valence-corrected chi connectivity index (χ0v) is 8.87. The molecule has 3 rings (SSSR count). The van der Waals surface area contributed by atoms with Crippen molar-refractivity contribution in [3.8, 4) is 5.75 Å². The van der Waals surface area contributed by atoms with E-state index in [4.69, 9.17) is 15.6 Å². The van der Waals surface area contributed by atoms with Crippen molar-refractivity contribution in [2.24, 2.45) is 0 Å². The largest absolute Gasteiger partial charge is 0.463 e. The molecule has 0 aliphatic carbocycles. The van der Waals surface area contributed by atoms with Crippen molar-refractivity contribution in [1.82, 2.24) is 0 Å². The summed E-state index contributed by atoms with van der Waals surface area (Å²) in [5, 5.41) is 0. The van der Waals surface area contributed by atoms with Crippen LogP contribution in [0.25, 0.3) is 0 Å². The fourth-order valence-corrected chi connectivity index (χ4v) is 1.71. The molecule has 0 bridgehead atoms. The van der Waals surface area contributed by atoms with Crippen LogP contribution in [0.15, 0.2) is 18.2 Å². The van der Waals surface area contributed by atoms with Gasteiger partial charge in [-0.2, -0.15) is 0 Å². The molecule has 1 aromatic carbocycles. The van der Waals surface area contributed by atoms with Crippen molar-refractivity contribution >= 4 is 0 Å². The van der Waals surface area contributed by atoms with Crippen LogP contribution in [0.2, 0.25) is 0 Å². The van der Waals surface area contributed by atoms with Gasteiger partial charge in [0.2, 0.25) is 5.79 Å². The summed E-state index contributed by atoms with van der Waals surface area (Å²) < 4.78 is 24.2. The van der Waals surface area contributed by atoms with Crippen molar-refractivity contribution < 1.29 is 15.6 Å². The maximum absolute atomic E-state index is 7.88. The zero-order chi connectivity index (χ0) is 11.4. The molecule has 0 amide bonds. The molecule has 2 aliphatic rings. The molecule has 0 radical (unpaired) electrons. The average Bonchev–Trinajstić information content (AvgIpc) is 2.96. The van der Waals surface area contributed by atoms with Crippen molar-refractivity contribution in [2.45, 2.75) is 32.3 Å². The predicted octanol–water partition coefficient (Wildman–Crippen LogP) is 2.40. The Labute approximate surface area is 90.4 Å². The summed E-state index contributed by atoms with van der Waals surface area (Å²) in [5.74, 6) is 0.271. The third-order valence-corrected chi connectivity index (χ3v) is 2.60. The second-order valence-corrected chi connectivity index (χ2v) is 4.32. The summed E-state index contributed by atoms with van der Waals surface area (Å²) >= 11 is 0. The van der Waals surface area contributed by atoms with Crippen LogP contribution in [0, 0.1) is 0 Å². The Hall–Kier alpha value is -1.06. The third kappa shape index (κ3) is 1.73. The molecule has 1 atom stereocenters. The number of fused-ring (bicyclic) bond motifs is 1. The summed E-state index contributed by atoms with van der Waals surface area (Å²) in [4.78, 5) is 0. The lowest BCUT2D eigenvalue weighted by Gasteiger charge is -2.32. The number of hydrogen-bond donors (Lipinski definition) is 0. The molecule has 15 heavy (non-hydrogen) atoms. The Kier molecular flexibility index (Phi) is 1.61. The van der Waals surface area contributed by atoms with Crippen LogP contribution in [0.5, 0.6) is 5.75 Å². The van der Waals surface area contributed by atoms with Gasteiger partial charge in [0.15, 0.2) is 0 Å². The van der Waals surface area contributed by atoms with Gasteiger partial charge in [-0.1, -0.05) is 6.07 Å². The minimum Gasteiger partial charge on any atom is -0.463 e. The van der Waals surface area contributed by atoms with Gasteiger partial charge in [0.05, 0.1) is 14.6 Å². The van der Waals surface area contributed by atoms with Crippen LogP contribution in [-0.4, -0.2) is 12.4 Å². The van der Waals surface area contributed by atoms with Gasteiger partial charge in [-0.25, -0.2) is 0 Å². The molecule has 3 nitrogen and oxygen atoms in total. The molecule has 3 heteroatoms. The van der Waals surface area contributed by atoms with Gasteiger partial charge in [-0.15, -0.1) is 0 Å². The van der Waals surface area contributed by atoms with Gasteiger partial charge >= 0.3 is 0 Å². The summed E-state index contributed by atoms with van der Waals surface area (Å²) in [7, 11) is 0. The smallest absolute Gasteiger partial charge is 0.205 e. The maximum atomic E-state index is 7.88. The number of ether oxygens (including phenoxy) is 3. The van der Waals surface area contributed by atoms with Crippen molar-refractivity contribution in [3.63, 3.8) is 0 Å². The molecule has 1 saturated heterocycles. The highest BCUT2D eigenvalue weighted by Gasteiger charge is 2.30. The van der Waals surface area contributed by atoms with E-state index in [0.29, 0.717) is 13.2 Å². The molecule has 1 unspecified atom stereocenters. The minimum absolute atomic E-state index is 0.471. The van der Waals surface area contributed by atoms with E-state index in [9.17, 15) is 0 Å². The quantitative estimate of drug-likeness (QED) is 0.662. The highest BCUT2D eigenvalue weighted by atomic mass is 16.7. The summed E-state index contributed by atoms with van der Waals surface area (Å²) in [6.45, 7) is 4.77. The molecule has 2 heterocycles. The number of rotatable bonds is 1. The molecule has 0 saturated carbocycles. The molecule has 2 aliphatic heterocycles. The van der Waals surface area contributed by atoms with Gasteiger partial charge in [0.25, 0.3) is 0 Å². The monoisotopic (exact) mass is 207 g/mol. The first-order valence-electron chi connectivity index (χ1n) is 5.59. The second-order valence-electron chi connectivity index (χ2n) is 4.32. The van der Waals surface area contributed by atoms with Crippen molar-refractivity contribution in [2.75, 3.05) is 6.61 Å². The maximum Gasteiger partial charge on any atom is 0.205 e. The Morgan fingerprint density at radius 3 is 3.00 bits per heavy atom. The molecule has 0 N–H and O–H groups in total. The molecular weight excluding hydrogens is 192 g/mol. The molecule has 0 spiro atoms. The Morgan fingerprint density at radius 2 is 2.27 bits per heavy atom. The normalized spacial score (nSPS) is 32.5. The summed E-state index contributed by atoms with van der Waals surface area (Å²) in [5.41, 5.74) is 1.86. The lowest BCUT2D eigenvalue weighted by Crippen LogP contribution is -2.35. The zero-order valence-electron chi connectivity index (χ0n) is 9.87. The highest BCUT2D eigenvalue weighted by molar-refractivity contribution is 5.39. The topological polar surface area (TPSA) is 31.0 Å². The predicted molar refractivity (Wildman–Crippen MR) is 54.6 cm³/mol. The Bertz CT molecular complexity index is 438. The van der Waals surface area contributed by atoms with E-state index in [-0.39, 0.29) is 0 Å². The molecule has 1 fully saturated rings. The third-order valence-electron chi connectivity index (χ3n) is 2.60. The van der Waals surface area contributed by atoms with Crippen LogP contribution in [0.3, 0.4) is 0 Å². The number of benzene rings is 1. The van der Waals surface area contributed by atoms with Crippen LogP contribution >= 0.6 is 0 Å². The molecule has 80 valence electrons. The standard InChI is InChI=1S/C12H14O3/c1-12(2)14-6-9-5-8(11-7-13-11)3-4-10(9)15-12/h3-5,11H,6-7H2,1-2H3/i11D. The lowest BCUT2D eigenvalue weighted by atomic mass is 10.1. The van der Waals surface area contributed by atoms with Crippen LogP contribution in [0.1, 0.15) is 32.4 Å². The first-order valence-corrected chi connectivity index (χ1v) is 5.09. The van der Waals surface area contributed by atoms with E-state index < -0.39 is 11.9 Å². The number of hydrogen-bond acceptors (Lipinski definition) is 3. The van der Waals surface area contributed by atoms with Gasteiger partial charge in [-0.3, -0.25) is 0 Å². The van der Waals surface area contributed by atoms with Crippen LogP contribution in [-0.2, 0) is 16.1 Å². The Balaban J connectivity index is 1.95. The molecule has 1 aromatic rings. The summed E-state index contributed by atoms with van der Waals surface area (Å²) in [6, 6.07) is 5.72. The van der Waals surface area contributed by atoms with Gasteiger partial charge in [0.1, 0.15) is 11.8 Å². The Morgan fingerprint density at radius 1 is 1.47 bits per heavy atom. The van der Waals surface area contributed by atoms with E-state index in [1.807, 2.05) is 32.0 Å². The first-order chi connectivity index (χ1) is 7.49. The SMILES string of the molecule is [2H]C1(c2ccc3c(c2)COC(C)(C)O3)CO1. The minimum atomic E-state index is -0.831. The second kappa shape index (κ2) is 2.97. The van der Waals surface area contributed by atoms with Crippen molar-refractivity contribution in [1.29, 1.82) is 0 Å². The van der Waals surface area contributed by atoms with Gasteiger partial charge < -0.3 is 14.2 Å². The fraction of sp³-hybridized carbons (Fsp3) is 0.500. The van der Waals surface area contributed by atoms with E-state index >= 15 is 0 Å².